The lowest BCUT2D eigenvalue weighted by atomic mass is 10.0. The quantitative estimate of drug-likeness (QED) is 0.833. The van der Waals surface area contributed by atoms with E-state index in [2.05, 4.69) is 5.32 Å². The zero-order valence-corrected chi connectivity index (χ0v) is 8.85. The summed E-state index contributed by atoms with van der Waals surface area (Å²) >= 11 is 0. The molecule has 3 rings (SSSR count). The Morgan fingerprint density at radius 2 is 1.94 bits per heavy atom. The Kier molecular flexibility index (Phi) is 2.27. The summed E-state index contributed by atoms with van der Waals surface area (Å²) in [7, 11) is 0. The van der Waals surface area contributed by atoms with E-state index in [1.54, 1.807) is 6.26 Å². The molecule has 1 N–H and O–H groups in total. The van der Waals surface area contributed by atoms with E-state index in [4.69, 9.17) is 9.15 Å². The van der Waals surface area contributed by atoms with Gasteiger partial charge in [0.05, 0.1) is 12.9 Å². The Morgan fingerprint density at radius 3 is 2.56 bits per heavy atom. The van der Waals surface area contributed by atoms with E-state index in [0.717, 1.165) is 17.9 Å². The van der Waals surface area contributed by atoms with E-state index in [1.807, 2.05) is 42.5 Å². The fraction of sp³-hybridized carbons (Fsp3) is 0.231. The average molecular weight is 215 g/mol. The van der Waals surface area contributed by atoms with E-state index >= 15 is 0 Å². The third kappa shape index (κ3) is 1.37. The second-order valence-corrected chi connectivity index (χ2v) is 3.80. The molecule has 1 aliphatic heterocycles. The van der Waals surface area contributed by atoms with E-state index in [1.165, 1.54) is 0 Å². The Balaban J connectivity index is 2.11. The predicted octanol–water partition coefficient (Wildman–Crippen LogP) is 2.10. The van der Waals surface area contributed by atoms with Crippen molar-refractivity contribution < 1.29 is 9.15 Å². The summed E-state index contributed by atoms with van der Waals surface area (Å²) in [5.41, 5.74) is 0.465. The van der Waals surface area contributed by atoms with Crippen LogP contribution in [0.5, 0.6) is 0 Å². The molecule has 0 aliphatic carbocycles. The molecular formula is C13H13NO2. The van der Waals surface area contributed by atoms with Crippen molar-refractivity contribution in [3.8, 4) is 0 Å². The summed E-state index contributed by atoms with van der Waals surface area (Å²) in [5, 5.41) is 3.37. The lowest BCUT2D eigenvalue weighted by molar-refractivity contribution is 0.00433. The van der Waals surface area contributed by atoms with Gasteiger partial charge in [0.1, 0.15) is 0 Å². The highest BCUT2D eigenvalue weighted by atomic mass is 16.5. The van der Waals surface area contributed by atoms with Crippen molar-refractivity contribution in [1.29, 1.82) is 0 Å². The molecule has 1 unspecified atom stereocenters. The lowest BCUT2D eigenvalue weighted by Crippen LogP contribution is -2.38. The highest BCUT2D eigenvalue weighted by Crippen LogP contribution is 2.33. The summed E-state index contributed by atoms with van der Waals surface area (Å²) in [6.45, 7) is 1.52. The fourth-order valence-electron chi connectivity index (χ4n) is 2.12. The van der Waals surface area contributed by atoms with E-state index < -0.39 is 5.72 Å². The third-order valence-corrected chi connectivity index (χ3v) is 2.84. The number of furan rings is 1. The van der Waals surface area contributed by atoms with Gasteiger partial charge >= 0.3 is 0 Å². The van der Waals surface area contributed by atoms with Crippen LogP contribution < -0.4 is 5.32 Å². The highest BCUT2D eigenvalue weighted by molar-refractivity contribution is 5.31. The van der Waals surface area contributed by atoms with Gasteiger partial charge in [0.15, 0.2) is 5.76 Å². The second kappa shape index (κ2) is 3.77. The smallest absolute Gasteiger partial charge is 0.204 e. The van der Waals surface area contributed by atoms with E-state index in [9.17, 15) is 0 Å². The van der Waals surface area contributed by atoms with Crippen molar-refractivity contribution >= 4 is 0 Å². The van der Waals surface area contributed by atoms with E-state index in [0.29, 0.717) is 6.61 Å². The van der Waals surface area contributed by atoms with E-state index in [-0.39, 0.29) is 0 Å². The van der Waals surface area contributed by atoms with Crippen molar-refractivity contribution in [3.63, 3.8) is 0 Å². The maximum Gasteiger partial charge on any atom is 0.204 e. The molecule has 3 heteroatoms. The van der Waals surface area contributed by atoms with Crippen LogP contribution >= 0.6 is 0 Å². The zero-order valence-electron chi connectivity index (χ0n) is 8.85. The molecule has 1 atom stereocenters. The summed E-state index contributed by atoms with van der Waals surface area (Å²) in [5.74, 6) is 0.802. The Hall–Kier alpha value is -1.58. The molecule has 82 valence electrons. The summed E-state index contributed by atoms with van der Waals surface area (Å²) in [4.78, 5) is 0. The topological polar surface area (TPSA) is 34.4 Å². The van der Waals surface area contributed by atoms with Crippen LogP contribution in [0.2, 0.25) is 0 Å². The number of ether oxygens (including phenoxy) is 1. The summed E-state index contributed by atoms with van der Waals surface area (Å²) < 4.78 is 11.4. The molecule has 1 aromatic heterocycles. The molecule has 2 heterocycles. The lowest BCUT2D eigenvalue weighted by Gasteiger charge is -2.26. The van der Waals surface area contributed by atoms with Crippen LogP contribution in [0.4, 0.5) is 0 Å². The van der Waals surface area contributed by atoms with Gasteiger partial charge in [-0.3, -0.25) is 5.32 Å². The molecule has 0 amide bonds. The molecular weight excluding hydrogens is 202 g/mol. The van der Waals surface area contributed by atoms with Gasteiger partial charge < -0.3 is 9.15 Å². The molecule has 16 heavy (non-hydrogen) atoms. The Labute approximate surface area is 94.0 Å². The van der Waals surface area contributed by atoms with Crippen LogP contribution in [-0.4, -0.2) is 13.2 Å². The van der Waals surface area contributed by atoms with Gasteiger partial charge in [-0.15, -0.1) is 0 Å². The summed E-state index contributed by atoms with van der Waals surface area (Å²) in [6.07, 6.45) is 1.67. The monoisotopic (exact) mass is 215 g/mol. The number of hydrogen-bond donors (Lipinski definition) is 1. The van der Waals surface area contributed by atoms with Crippen LogP contribution in [0.1, 0.15) is 11.3 Å². The molecule has 2 aromatic rings. The minimum absolute atomic E-state index is 0.606. The van der Waals surface area contributed by atoms with Gasteiger partial charge in [0.25, 0.3) is 0 Å². The molecule has 1 aliphatic rings. The molecule has 1 saturated heterocycles. The highest BCUT2D eigenvalue weighted by Gasteiger charge is 2.41. The van der Waals surface area contributed by atoms with Crippen LogP contribution in [0, 0.1) is 0 Å². The first-order valence-electron chi connectivity index (χ1n) is 5.40. The molecule has 3 nitrogen and oxygen atoms in total. The van der Waals surface area contributed by atoms with Gasteiger partial charge in [-0.05, 0) is 12.1 Å². The average Bonchev–Trinajstić information content (AvgIpc) is 3.02. The zero-order chi connectivity index (χ0) is 10.8. The van der Waals surface area contributed by atoms with Gasteiger partial charge in [-0.2, -0.15) is 0 Å². The molecule has 1 fully saturated rings. The van der Waals surface area contributed by atoms with Crippen molar-refractivity contribution in [2.45, 2.75) is 5.72 Å². The Morgan fingerprint density at radius 1 is 1.06 bits per heavy atom. The van der Waals surface area contributed by atoms with Crippen molar-refractivity contribution in [1.82, 2.24) is 5.32 Å². The number of benzene rings is 1. The first-order chi connectivity index (χ1) is 7.92. The van der Waals surface area contributed by atoms with Gasteiger partial charge in [0.2, 0.25) is 5.72 Å². The standard InChI is InChI=1S/C13H13NO2/c1-2-5-11(6-3-1)13(14-8-10-16-13)12-7-4-9-15-12/h1-7,9,14H,8,10H2. The first-order valence-corrected chi connectivity index (χ1v) is 5.40. The van der Waals surface area contributed by atoms with Crippen molar-refractivity contribution in [3.05, 3.63) is 60.1 Å². The minimum atomic E-state index is -0.606. The number of rotatable bonds is 2. The molecule has 0 radical (unpaired) electrons. The molecule has 0 spiro atoms. The van der Waals surface area contributed by atoms with Crippen LogP contribution in [0.3, 0.4) is 0 Å². The SMILES string of the molecule is c1ccc(C2(c3ccco3)NCCO2)cc1. The summed E-state index contributed by atoms with van der Waals surface area (Å²) in [6, 6.07) is 13.9. The second-order valence-electron chi connectivity index (χ2n) is 3.80. The van der Waals surface area contributed by atoms with Crippen LogP contribution in [0.15, 0.2) is 53.1 Å². The first kappa shape index (κ1) is 9.63. The van der Waals surface area contributed by atoms with Crippen LogP contribution in [0.25, 0.3) is 0 Å². The van der Waals surface area contributed by atoms with Crippen molar-refractivity contribution in [2.24, 2.45) is 0 Å². The normalized spacial score (nSPS) is 24.8. The largest absolute Gasteiger partial charge is 0.464 e. The fourth-order valence-corrected chi connectivity index (χ4v) is 2.12. The van der Waals surface area contributed by atoms with Gasteiger partial charge in [0, 0.05) is 12.1 Å². The predicted molar refractivity (Wildman–Crippen MR) is 59.9 cm³/mol. The molecule has 1 aromatic carbocycles. The van der Waals surface area contributed by atoms with Crippen LogP contribution in [-0.2, 0) is 10.5 Å². The third-order valence-electron chi connectivity index (χ3n) is 2.84. The van der Waals surface area contributed by atoms with Gasteiger partial charge in [-0.1, -0.05) is 30.3 Å². The molecule has 0 bridgehead atoms. The number of nitrogens with one attached hydrogen (secondary N) is 1. The molecule has 0 saturated carbocycles. The maximum atomic E-state index is 5.87. The van der Waals surface area contributed by atoms with Crippen molar-refractivity contribution in [2.75, 3.05) is 13.2 Å². The minimum Gasteiger partial charge on any atom is -0.464 e. The maximum absolute atomic E-state index is 5.87. The number of hydrogen-bond acceptors (Lipinski definition) is 3. The van der Waals surface area contributed by atoms with Gasteiger partial charge in [-0.25, -0.2) is 0 Å². The Bertz CT molecular complexity index is 444.